The van der Waals surface area contributed by atoms with E-state index in [4.69, 9.17) is 0 Å². The largest absolute Gasteiger partial charge is 0.480 e. The van der Waals surface area contributed by atoms with Crippen molar-refractivity contribution in [1.82, 2.24) is 10.2 Å². The summed E-state index contributed by atoms with van der Waals surface area (Å²) in [6, 6.07) is 8.05. The van der Waals surface area contributed by atoms with Gasteiger partial charge in [-0.25, -0.2) is 4.79 Å². The summed E-state index contributed by atoms with van der Waals surface area (Å²) in [5, 5.41) is 12.5. The quantitative estimate of drug-likeness (QED) is 0.787. The van der Waals surface area contributed by atoms with Crippen LogP contribution in [0.15, 0.2) is 30.3 Å². The molecule has 0 bridgehead atoms. The van der Waals surface area contributed by atoms with Crippen molar-refractivity contribution in [3.63, 3.8) is 0 Å². The third-order valence-electron chi connectivity index (χ3n) is 5.94. The Hall–Kier alpha value is -2.37. The third-order valence-corrected chi connectivity index (χ3v) is 5.94. The third kappa shape index (κ3) is 5.12. The van der Waals surface area contributed by atoms with Gasteiger partial charge in [-0.2, -0.15) is 0 Å². The summed E-state index contributed by atoms with van der Waals surface area (Å²) >= 11 is 0. The van der Waals surface area contributed by atoms with Crippen LogP contribution in [0, 0.1) is 5.92 Å². The monoisotopic (exact) mass is 386 g/mol. The molecule has 6 heteroatoms. The van der Waals surface area contributed by atoms with Crippen LogP contribution in [0.3, 0.4) is 0 Å². The summed E-state index contributed by atoms with van der Waals surface area (Å²) < 4.78 is 0. The van der Waals surface area contributed by atoms with Crippen LogP contribution < -0.4 is 5.32 Å². The molecule has 2 unspecified atom stereocenters. The number of nitrogens with one attached hydrogen (secondary N) is 1. The van der Waals surface area contributed by atoms with Gasteiger partial charge in [0.1, 0.15) is 12.1 Å². The van der Waals surface area contributed by atoms with E-state index in [0.29, 0.717) is 19.4 Å². The lowest BCUT2D eigenvalue weighted by molar-refractivity contribution is -0.153. The molecule has 1 saturated heterocycles. The predicted molar refractivity (Wildman–Crippen MR) is 106 cm³/mol. The number of carboxylic acid groups (broad SMARTS) is 1. The van der Waals surface area contributed by atoms with Gasteiger partial charge in [-0.05, 0) is 37.7 Å². The first-order valence-corrected chi connectivity index (χ1v) is 10.4. The highest BCUT2D eigenvalue weighted by molar-refractivity contribution is 5.91. The minimum Gasteiger partial charge on any atom is -0.480 e. The fourth-order valence-electron chi connectivity index (χ4n) is 4.36. The minimum absolute atomic E-state index is 0.0450. The zero-order chi connectivity index (χ0) is 19.9. The van der Waals surface area contributed by atoms with Gasteiger partial charge in [0.05, 0.1) is 0 Å². The first-order valence-electron chi connectivity index (χ1n) is 10.4. The van der Waals surface area contributed by atoms with E-state index < -0.39 is 18.1 Å². The van der Waals surface area contributed by atoms with Crippen molar-refractivity contribution in [2.24, 2.45) is 5.92 Å². The minimum atomic E-state index is -0.967. The number of benzene rings is 1. The Morgan fingerprint density at radius 1 is 1.00 bits per heavy atom. The summed E-state index contributed by atoms with van der Waals surface area (Å²) in [6.07, 6.45) is 7.41. The Bertz CT molecular complexity index is 685. The van der Waals surface area contributed by atoms with Crippen molar-refractivity contribution in [2.75, 3.05) is 6.54 Å². The number of carboxylic acids is 1. The second-order valence-corrected chi connectivity index (χ2v) is 7.97. The number of hydrogen-bond acceptors (Lipinski definition) is 3. The van der Waals surface area contributed by atoms with Crippen LogP contribution >= 0.6 is 0 Å². The molecule has 2 N–H and O–H groups in total. The first kappa shape index (κ1) is 20.4. The molecular weight excluding hydrogens is 356 g/mol. The molecule has 152 valence electrons. The standard InChI is InChI=1S/C22H30N2O4/c25-20(17-11-5-2-6-12-17)23-18(15-16-9-3-1-4-10-16)21(26)24-14-8-7-13-19(24)22(27)28/h1,3-4,9-10,17-19H,2,5-8,11-15H2,(H,23,25)(H,27,28). The molecule has 1 heterocycles. The van der Waals surface area contributed by atoms with Gasteiger partial charge >= 0.3 is 5.97 Å². The zero-order valence-electron chi connectivity index (χ0n) is 16.3. The lowest BCUT2D eigenvalue weighted by Crippen LogP contribution is -2.56. The molecular formula is C22H30N2O4. The number of aliphatic carboxylic acids is 1. The Balaban J connectivity index is 1.77. The van der Waals surface area contributed by atoms with Crippen LogP contribution in [-0.4, -0.2) is 46.4 Å². The molecule has 1 aliphatic carbocycles. The fourth-order valence-corrected chi connectivity index (χ4v) is 4.36. The number of piperidine rings is 1. The molecule has 1 aliphatic heterocycles. The van der Waals surface area contributed by atoms with Crippen LogP contribution in [0.1, 0.15) is 56.9 Å². The molecule has 0 radical (unpaired) electrons. The highest BCUT2D eigenvalue weighted by Crippen LogP contribution is 2.24. The van der Waals surface area contributed by atoms with E-state index in [9.17, 15) is 19.5 Å². The molecule has 6 nitrogen and oxygen atoms in total. The maximum atomic E-state index is 13.3. The summed E-state index contributed by atoms with van der Waals surface area (Å²) in [6.45, 7) is 0.431. The molecule has 2 amide bonds. The average molecular weight is 386 g/mol. The normalized spacial score (nSPS) is 21.7. The second kappa shape index (κ2) is 9.71. The van der Waals surface area contributed by atoms with Crippen molar-refractivity contribution in [3.05, 3.63) is 35.9 Å². The van der Waals surface area contributed by atoms with E-state index in [1.807, 2.05) is 30.3 Å². The lowest BCUT2D eigenvalue weighted by Gasteiger charge is -2.36. The number of amides is 2. The number of carbonyl (C=O) groups is 3. The van der Waals surface area contributed by atoms with Gasteiger partial charge < -0.3 is 15.3 Å². The van der Waals surface area contributed by atoms with E-state index in [1.165, 1.54) is 4.90 Å². The van der Waals surface area contributed by atoms with E-state index in [1.54, 1.807) is 0 Å². The Kier molecular flexibility index (Phi) is 7.06. The van der Waals surface area contributed by atoms with Crippen molar-refractivity contribution < 1.29 is 19.5 Å². The molecule has 3 rings (SSSR count). The Labute approximate surface area is 166 Å². The van der Waals surface area contributed by atoms with Crippen LogP contribution in [0.4, 0.5) is 0 Å². The number of carbonyl (C=O) groups excluding carboxylic acids is 2. The van der Waals surface area contributed by atoms with Gasteiger partial charge in [0.15, 0.2) is 0 Å². The molecule has 2 fully saturated rings. The predicted octanol–water partition coefficient (Wildman–Crippen LogP) is 2.76. The summed E-state index contributed by atoms with van der Waals surface area (Å²) in [4.78, 5) is 39.2. The van der Waals surface area contributed by atoms with Crippen LogP contribution in [0.5, 0.6) is 0 Å². The van der Waals surface area contributed by atoms with Gasteiger partial charge in [-0.1, -0.05) is 49.6 Å². The molecule has 1 aromatic carbocycles. The summed E-state index contributed by atoms with van der Waals surface area (Å²) in [7, 11) is 0. The van der Waals surface area contributed by atoms with E-state index in [-0.39, 0.29) is 17.7 Å². The lowest BCUT2D eigenvalue weighted by atomic mass is 9.88. The smallest absolute Gasteiger partial charge is 0.326 e. The molecule has 0 spiro atoms. The Morgan fingerprint density at radius 3 is 2.36 bits per heavy atom. The van der Waals surface area contributed by atoms with Crippen molar-refractivity contribution in [3.8, 4) is 0 Å². The van der Waals surface area contributed by atoms with Crippen LogP contribution in [0.2, 0.25) is 0 Å². The van der Waals surface area contributed by atoms with Gasteiger partial charge in [-0.3, -0.25) is 9.59 Å². The number of likely N-dealkylation sites (tertiary alicyclic amines) is 1. The molecule has 1 aromatic rings. The Morgan fingerprint density at radius 2 is 1.68 bits per heavy atom. The average Bonchev–Trinajstić information content (AvgIpc) is 2.74. The zero-order valence-corrected chi connectivity index (χ0v) is 16.3. The van der Waals surface area contributed by atoms with Gasteiger partial charge in [-0.15, -0.1) is 0 Å². The SMILES string of the molecule is O=C(NC(Cc1ccccc1)C(=O)N1CCCCC1C(=O)O)C1CCCCC1. The van der Waals surface area contributed by atoms with E-state index in [2.05, 4.69) is 5.32 Å². The maximum absolute atomic E-state index is 13.3. The second-order valence-electron chi connectivity index (χ2n) is 7.97. The molecule has 2 atom stereocenters. The maximum Gasteiger partial charge on any atom is 0.326 e. The van der Waals surface area contributed by atoms with E-state index >= 15 is 0 Å². The summed E-state index contributed by atoms with van der Waals surface area (Å²) in [5.41, 5.74) is 0.952. The summed E-state index contributed by atoms with van der Waals surface area (Å²) in [5.74, 6) is -1.36. The molecule has 1 saturated carbocycles. The van der Waals surface area contributed by atoms with Crippen LogP contribution in [0.25, 0.3) is 0 Å². The molecule has 0 aromatic heterocycles. The number of nitrogens with zero attached hydrogens (tertiary/aromatic N) is 1. The van der Waals surface area contributed by atoms with Crippen molar-refractivity contribution >= 4 is 17.8 Å². The fraction of sp³-hybridized carbons (Fsp3) is 0.591. The van der Waals surface area contributed by atoms with Gasteiger partial charge in [0.25, 0.3) is 0 Å². The van der Waals surface area contributed by atoms with Gasteiger partial charge in [0.2, 0.25) is 11.8 Å². The number of hydrogen-bond donors (Lipinski definition) is 2. The van der Waals surface area contributed by atoms with Crippen molar-refractivity contribution in [2.45, 2.75) is 69.9 Å². The number of rotatable bonds is 6. The first-order chi connectivity index (χ1) is 13.6. The van der Waals surface area contributed by atoms with Gasteiger partial charge in [0, 0.05) is 18.9 Å². The van der Waals surface area contributed by atoms with Crippen LogP contribution in [-0.2, 0) is 20.8 Å². The highest BCUT2D eigenvalue weighted by Gasteiger charge is 2.36. The molecule has 28 heavy (non-hydrogen) atoms. The highest BCUT2D eigenvalue weighted by atomic mass is 16.4. The van der Waals surface area contributed by atoms with E-state index in [0.717, 1.165) is 50.5 Å². The topological polar surface area (TPSA) is 86.7 Å². The van der Waals surface area contributed by atoms with Crippen molar-refractivity contribution in [1.29, 1.82) is 0 Å². The molecule has 2 aliphatic rings.